The van der Waals surface area contributed by atoms with Crippen molar-refractivity contribution < 1.29 is 18.0 Å². The summed E-state index contributed by atoms with van der Waals surface area (Å²) in [6.45, 7) is 3.99. The number of halogens is 3. The fraction of sp³-hybridized carbons (Fsp3) is 0.222. The van der Waals surface area contributed by atoms with Crippen LogP contribution in [0.15, 0.2) is 91.5 Å². The highest BCUT2D eigenvalue weighted by molar-refractivity contribution is 6.03. The lowest BCUT2D eigenvalue weighted by Gasteiger charge is -2.42. The van der Waals surface area contributed by atoms with Gasteiger partial charge in [-0.1, -0.05) is 72.8 Å². The van der Waals surface area contributed by atoms with Crippen LogP contribution in [0.3, 0.4) is 0 Å². The number of carbonyl (C=O) groups excluding carboxylic acids is 1. The molecule has 1 aliphatic rings. The van der Waals surface area contributed by atoms with E-state index in [-0.39, 0.29) is 5.78 Å². The van der Waals surface area contributed by atoms with Gasteiger partial charge in [0.1, 0.15) is 0 Å². The van der Waals surface area contributed by atoms with Crippen molar-refractivity contribution in [1.82, 2.24) is 0 Å². The molecule has 0 spiro atoms. The van der Waals surface area contributed by atoms with Gasteiger partial charge in [0.15, 0.2) is 5.78 Å². The number of Topliss-reactive ketones (excluding diaryl/α,β-unsaturated/α-hetero) is 1. The van der Waals surface area contributed by atoms with Crippen LogP contribution in [0.5, 0.6) is 0 Å². The van der Waals surface area contributed by atoms with Crippen molar-refractivity contribution in [2.75, 3.05) is 0 Å². The molecule has 0 bridgehead atoms. The van der Waals surface area contributed by atoms with Gasteiger partial charge in [-0.05, 0) is 48.1 Å². The average molecular weight is 420 g/mol. The van der Waals surface area contributed by atoms with Crippen LogP contribution >= 0.6 is 0 Å². The lowest BCUT2D eigenvalue weighted by atomic mass is 9.59. The first-order valence-corrected chi connectivity index (χ1v) is 10.3. The summed E-state index contributed by atoms with van der Waals surface area (Å²) >= 11 is 0. The molecule has 0 saturated heterocycles. The molecule has 0 N–H and O–H groups in total. The van der Waals surface area contributed by atoms with Gasteiger partial charge in [-0.15, -0.1) is 6.58 Å². The predicted molar refractivity (Wildman–Crippen MR) is 116 cm³/mol. The van der Waals surface area contributed by atoms with E-state index >= 15 is 0 Å². The SMILES string of the molecule is C=C[C@H](c1ccc(C(F)(F)F)cc1)[C@]1(Cc2ccccc2)CCc2ccccc2C1=O. The molecule has 2 atom stereocenters. The molecule has 1 nitrogen and oxygen atoms in total. The van der Waals surface area contributed by atoms with E-state index in [2.05, 4.69) is 6.58 Å². The van der Waals surface area contributed by atoms with Crippen LogP contribution in [0, 0.1) is 5.41 Å². The van der Waals surface area contributed by atoms with E-state index in [1.165, 1.54) is 12.1 Å². The smallest absolute Gasteiger partial charge is 0.293 e. The van der Waals surface area contributed by atoms with Gasteiger partial charge in [-0.25, -0.2) is 0 Å². The number of carbonyl (C=O) groups is 1. The number of hydrogen-bond donors (Lipinski definition) is 0. The summed E-state index contributed by atoms with van der Waals surface area (Å²) in [4.78, 5) is 13.9. The minimum atomic E-state index is -4.40. The fourth-order valence-electron chi connectivity index (χ4n) is 4.79. The Morgan fingerprint density at radius 1 is 0.935 bits per heavy atom. The van der Waals surface area contributed by atoms with E-state index in [0.717, 1.165) is 29.7 Å². The highest BCUT2D eigenvalue weighted by Crippen LogP contribution is 2.49. The van der Waals surface area contributed by atoms with E-state index in [0.29, 0.717) is 24.0 Å². The Hall–Kier alpha value is -3.14. The van der Waals surface area contributed by atoms with Gasteiger partial charge in [-0.3, -0.25) is 4.79 Å². The minimum absolute atomic E-state index is 0.0306. The van der Waals surface area contributed by atoms with Crippen LogP contribution in [0.4, 0.5) is 13.2 Å². The maximum absolute atomic E-state index is 13.9. The summed E-state index contributed by atoms with van der Waals surface area (Å²) in [6, 6.07) is 22.5. The second-order valence-electron chi connectivity index (χ2n) is 8.14. The van der Waals surface area contributed by atoms with Gasteiger partial charge in [0.25, 0.3) is 0 Å². The molecule has 0 heterocycles. The maximum Gasteiger partial charge on any atom is 0.416 e. The van der Waals surface area contributed by atoms with Crippen molar-refractivity contribution in [3.8, 4) is 0 Å². The average Bonchev–Trinajstić information content (AvgIpc) is 2.77. The van der Waals surface area contributed by atoms with Gasteiger partial charge in [0.05, 0.1) is 5.56 Å². The number of fused-ring (bicyclic) bond motifs is 1. The van der Waals surface area contributed by atoms with E-state index in [4.69, 9.17) is 0 Å². The van der Waals surface area contributed by atoms with Crippen LogP contribution in [-0.4, -0.2) is 5.78 Å². The minimum Gasteiger partial charge on any atom is -0.293 e. The fourth-order valence-corrected chi connectivity index (χ4v) is 4.79. The molecule has 0 saturated carbocycles. The van der Waals surface area contributed by atoms with Gasteiger partial charge in [0, 0.05) is 16.9 Å². The molecule has 0 amide bonds. The van der Waals surface area contributed by atoms with Crippen molar-refractivity contribution in [3.05, 3.63) is 119 Å². The molecule has 158 valence electrons. The van der Waals surface area contributed by atoms with Crippen molar-refractivity contribution in [1.29, 1.82) is 0 Å². The molecule has 0 unspecified atom stereocenters. The number of hydrogen-bond acceptors (Lipinski definition) is 1. The Bertz CT molecular complexity index is 1080. The zero-order valence-electron chi connectivity index (χ0n) is 17.0. The van der Waals surface area contributed by atoms with Gasteiger partial charge in [-0.2, -0.15) is 13.2 Å². The normalized spacial score (nSPS) is 19.5. The van der Waals surface area contributed by atoms with Crippen molar-refractivity contribution in [2.24, 2.45) is 5.41 Å². The van der Waals surface area contributed by atoms with E-state index in [1.54, 1.807) is 6.08 Å². The summed E-state index contributed by atoms with van der Waals surface area (Å²) in [5.41, 5.74) is 1.91. The zero-order chi connectivity index (χ0) is 22.1. The van der Waals surface area contributed by atoms with Crippen LogP contribution in [0.2, 0.25) is 0 Å². The van der Waals surface area contributed by atoms with Gasteiger partial charge in [0.2, 0.25) is 0 Å². The Balaban J connectivity index is 1.82. The Morgan fingerprint density at radius 3 is 2.23 bits per heavy atom. The standard InChI is InChI=1S/C27H23F3O/c1-2-24(21-12-14-22(15-13-21)27(28,29)30)26(18-19-8-4-3-5-9-19)17-16-20-10-6-7-11-23(20)25(26)31/h2-15,24H,1,16-18H2/t24-,26-/m1/s1. The molecule has 4 rings (SSSR count). The van der Waals surface area contributed by atoms with E-state index in [1.807, 2.05) is 54.6 Å². The molecule has 31 heavy (non-hydrogen) atoms. The highest BCUT2D eigenvalue weighted by atomic mass is 19.4. The zero-order valence-corrected chi connectivity index (χ0v) is 17.0. The van der Waals surface area contributed by atoms with Crippen LogP contribution in [-0.2, 0) is 19.0 Å². The third kappa shape index (κ3) is 3.95. The molecular weight excluding hydrogens is 397 g/mol. The van der Waals surface area contributed by atoms with E-state index in [9.17, 15) is 18.0 Å². The number of allylic oxidation sites excluding steroid dienone is 1. The second-order valence-corrected chi connectivity index (χ2v) is 8.14. The molecule has 0 aliphatic heterocycles. The second kappa shape index (κ2) is 8.18. The number of rotatable bonds is 5. The summed E-state index contributed by atoms with van der Waals surface area (Å²) in [7, 11) is 0. The monoisotopic (exact) mass is 420 g/mol. The number of aryl methyl sites for hydroxylation is 1. The van der Waals surface area contributed by atoms with Gasteiger partial charge < -0.3 is 0 Å². The van der Waals surface area contributed by atoms with Crippen molar-refractivity contribution in [2.45, 2.75) is 31.4 Å². The summed E-state index contributed by atoms with van der Waals surface area (Å²) < 4.78 is 39.2. The number of alkyl halides is 3. The highest BCUT2D eigenvalue weighted by Gasteiger charge is 2.47. The van der Waals surface area contributed by atoms with Crippen LogP contribution in [0.1, 0.15) is 45.0 Å². The van der Waals surface area contributed by atoms with Crippen molar-refractivity contribution in [3.63, 3.8) is 0 Å². The molecule has 3 aromatic carbocycles. The Morgan fingerprint density at radius 2 is 1.58 bits per heavy atom. The first-order valence-electron chi connectivity index (χ1n) is 10.3. The number of benzene rings is 3. The lowest BCUT2D eigenvalue weighted by Crippen LogP contribution is -2.42. The third-order valence-corrected chi connectivity index (χ3v) is 6.35. The van der Waals surface area contributed by atoms with Gasteiger partial charge >= 0.3 is 6.18 Å². The van der Waals surface area contributed by atoms with E-state index < -0.39 is 23.1 Å². The first kappa shape index (κ1) is 21.1. The summed E-state index contributed by atoms with van der Waals surface area (Å²) in [6.07, 6.45) is -0.839. The lowest BCUT2D eigenvalue weighted by molar-refractivity contribution is -0.137. The third-order valence-electron chi connectivity index (χ3n) is 6.35. The number of ketones is 1. The topological polar surface area (TPSA) is 17.1 Å². The van der Waals surface area contributed by atoms with Crippen molar-refractivity contribution >= 4 is 5.78 Å². The van der Waals surface area contributed by atoms with Crippen LogP contribution < -0.4 is 0 Å². The largest absolute Gasteiger partial charge is 0.416 e. The molecule has 4 heteroatoms. The van der Waals surface area contributed by atoms with Crippen LogP contribution in [0.25, 0.3) is 0 Å². The molecule has 3 aromatic rings. The quantitative estimate of drug-likeness (QED) is 0.405. The molecular formula is C27H23F3O. The summed E-state index contributed by atoms with van der Waals surface area (Å²) in [5, 5.41) is 0. The Kier molecular flexibility index (Phi) is 5.57. The maximum atomic E-state index is 13.9. The molecule has 0 radical (unpaired) electrons. The molecule has 0 fully saturated rings. The first-order chi connectivity index (χ1) is 14.8. The summed E-state index contributed by atoms with van der Waals surface area (Å²) in [5.74, 6) is -0.376. The predicted octanol–water partition coefficient (Wildman–Crippen LogP) is 7.03. The molecule has 1 aliphatic carbocycles. The molecule has 0 aromatic heterocycles. The Labute approximate surface area is 180 Å².